The van der Waals surface area contributed by atoms with E-state index in [0.717, 1.165) is 18.9 Å². The highest BCUT2D eigenvalue weighted by Gasteiger charge is 2.52. The van der Waals surface area contributed by atoms with Gasteiger partial charge in [0.15, 0.2) is 17.2 Å². The van der Waals surface area contributed by atoms with Crippen molar-refractivity contribution >= 4 is 23.1 Å². The Morgan fingerprint density at radius 3 is 2.90 bits per heavy atom. The van der Waals surface area contributed by atoms with Gasteiger partial charge in [0.05, 0.1) is 5.54 Å². The smallest absolute Gasteiger partial charge is 0.317 e. The summed E-state index contributed by atoms with van der Waals surface area (Å²) >= 11 is 0. The molecule has 104 valence electrons. The standard InChI is InChI=1S/C12H14N6O2/c1-7-16-8-9(14-6-15-10(8)20-7)18-4-12(5-18)3-13-11(19)17(12)2/h6H,3-5H2,1-2H3,(H,13,19). The van der Waals surface area contributed by atoms with E-state index in [0.29, 0.717) is 23.7 Å². The molecule has 2 aliphatic heterocycles. The number of nitrogens with one attached hydrogen (secondary N) is 1. The highest BCUT2D eigenvalue weighted by Crippen LogP contribution is 2.35. The first kappa shape index (κ1) is 11.4. The van der Waals surface area contributed by atoms with Crippen molar-refractivity contribution in [3.8, 4) is 0 Å². The summed E-state index contributed by atoms with van der Waals surface area (Å²) in [6.45, 7) is 3.93. The van der Waals surface area contributed by atoms with Crippen LogP contribution in [0.25, 0.3) is 11.2 Å². The number of nitrogens with zero attached hydrogens (tertiary/aromatic N) is 5. The molecule has 8 nitrogen and oxygen atoms in total. The molecule has 1 N–H and O–H groups in total. The summed E-state index contributed by atoms with van der Waals surface area (Å²) in [5.74, 6) is 1.34. The van der Waals surface area contributed by atoms with Gasteiger partial charge in [-0.2, -0.15) is 4.98 Å². The van der Waals surface area contributed by atoms with E-state index in [1.807, 2.05) is 7.05 Å². The lowest BCUT2D eigenvalue weighted by atomic mass is 9.89. The van der Waals surface area contributed by atoms with Crippen molar-refractivity contribution in [2.75, 3.05) is 31.6 Å². The van der Waals surface area contributed by atoms with Crippen LogP contribution in [0.4, 0.5) is 10.6 Å². The van der Waals surface area contributed by atoms with Crippen LogP contribution in [0, 0.1) is 6.92 Å². The van der Waals surface area contributed by atoms with Crippen molar-refractivity contribution in [1.29, 1.82) is 0 Å². The second-order valence-corrected chi connectivity index (χ2v) is 5.38. The van der Waals surface area contributed by atoms with E-state index in [4.69, 9.17) is 4.42 Å². The van der Waals surface area contributed by atoms with E-state index in [1.165, 1.54) is 6.33 Å². The van der Waals surface area contributed by atoms with Crippen molar-refractivity contribution in [2.45, 2.75) is 12.5 Å². The lowest BCUT2D eigenvalue weighted by Gasteiger charge is -2.50. The Balaban J connectivity index is 1.65. The van der Waals surface area contributed by atoms with Gasteiger partial charge in [0.25, 0.3) is 5.71 Å². The third kappa shape index (κ3) is 1.36. The number of anilines is 1. The van der Waals surface area contributed by atoms with Gasteiger partial charge in [-0.3, -0.25) is 0 Å². The van der Waals surface area contributed by atoms with E-state index in [-0.39, 0.29) is 11.6 Å². The fourth-order valence-corrected chi connectivity index (χ4v) is 2.91. The normalized spacial score (nSPS) is 20.6. The number of hydrogen-bond acceptors (Lipinski definition) is 6. The molecule has 0 saturated carbocycles. The topological polar surface area (TPSA) is 87.4 Å². The van der Waals surface area contributed by atoms with Gasteiger partial charge < -0.3 is 19.5 Å². The molecule has 2 aliphatic rings. The van der Waals surface area contributed by atoms with Gasteiger partial charge in [-0.1, -0.05) is 0 Å². The van der Waals surface area contributed by atoms with Gasteiger partial charge in [0, 0.05) is 33.6 Å². The molecule has 0 aliphatic carbocycles. The fourth-order valence-electron chi connectivity index (χ4n) is 2.91. The van der Waals surface area contributed by atoms with E-state index >= 15 is 0 Å². The number of aryl methyl sites for hydroxylation is 1. The summed E-state index contributed by atoms with van der Waals surface area (Å²) in [4.78, 5) is 28.2. The summed E-state index contributed by atoms with van der Waals surface area (Å²) in [6, 6.07) is -0.0187. The average molecular weight is 274 g/mol. The maximum Gasteiger partial charge on any atom is 0.317 e. The number of fused-ring (bicyclic) bond motifs is 1. The molecule has 2 aromatic heterocycles. The molecule has 1 spiro atoms. The minimum absolute atomic E-state index is 0.0187. The summed E-state index contributed by atoms with van der Waals surface area (Å²) in [7, 11) is 1.83. The molecule has 2 fully saturated rings. The molecule has 0 aromatic carbocycles. The number of oxazole rings is 1. The molecule has 0 bridgehead atoms. The van der Waals surface area contributed by atoms with Crippen LogP contribution in [-0.2, 0) is 0 Å². The zero-order valence-electron chi connectivity index (χ0n) is 11.3. The predicted molar refractivity (Wildman–Crippen MR) is 70.4 cm³/mol. The molecule has 4 heterocycles. The summed E-state index contributed by atoms with van der Waals surface area (Å²) in [5, 5.41) is 2.87. The molecule has 2 amide bonds. The molecular formula is C12H14N6O2. The molecule has 4 rings (SSSR count). The Hall–Kier alpha value is -2.38. The summed E-state index contributed by atoms with van der Waals surface area (Å²) in [5.41, 5.74) is 1.05. The number of urea groups is 1. The zero-order chi connectivity index (χ0) is 13.9. The Morgan fingerprint density at radius 1 is 1.40 bits per heavy atom. The summed E-state index contributed by atoms with van der Waals surface area (Å²) < 4.78 is 5.42. The minimum atomic E-state index is -0.132. The van der Waals surface area contributed by atoms with Crippen LogP contribution in [0.15, 0.2) is 10.7 Å². The Morgan fingerprint density at radius 2 is 2.20 bits per heavy atom. The lowest BCUT2D eigenvalue weighted by molar-refractivity contribution is 0.151. The number of carbonyl (C=O) groups excluding carboxylic acids is 1. The van der Waals surface area contributed by atoms with Crippen LogP contribution < -0.4 is 10.2 Å². The number of rotatable bonds is 1. The lowest BCUT2D eigenvalue weighted by Crippen LogP contribution is -2.69. The van der Waals surface area contributed by atoms with Crippen molar-refractivity contribution in [1.82, 2.24) is 25.2 Å². The first-order valence-corrected chi connectivity index (χ1v) is 6.44. The van der Waals surface area contributed by atoms with Gasteiger partial charge in [0.1, 0.15) is 6.33 Å². The Kier molecular flexibility index (Phi) is 2.05. The van der Waals surface area contributed by atoms with Crippen LogP contribution in [0.2, 0.25) is 0 Å². The summed E-state index contributed by atoms with van der Waals surface area (Å²) in [6.07, 6.45) is 1.48. The third-order valence-corrected chi connectivity index (χ3v) is 4.14. The number of aromatic nitrogens is 3. The van der Waals surface area contributed by atoms with Crippen LogP contribution >= 0.6 is 0 Å². The SMILES string of the molecule is Cc1nc2c(N3CC4(CNC(=O)N4C)C3)ncnc2o1. The molecule has 8 heteroatoms. The van der Waals surface area contributed by atoms with Crippen LogP contribution in [0.3, 0.4) is 0 Å². The second-order valence-electron chi connectivity index (χ2n) is 5.38. The average Bonchev–Trinajstić information content (AvgIpc) is 2.89. The Bertz CT molecular complexity index is 705. The van der Waals surface area contributed by atoms with Crippen molar-refractivity contribution in [3.05, 3.63) is 12.2 Å². The predicted octanol–water partition coefficient (Wildman–Crippen LogP) is 0.140. The molecule has 2 saturated heterocycles. The van der Waals surface area contributed by atoms with Gasteiger partial charge in [-0.15, -0.1) is 0 Å². The third-order valence-electron chi connectivity index (χ3n) is 4.14. The van der Waals surface area contributed by atoms with Crippen LogP contribution in [0.5, 0.6) is 0 Å². The van der Waals surface area contributed by atoms with Gasteiger partial charge in [0.2, 0.25) is 0 Å². The number of carbonyl (C=O) groups is 1. The number of hydrogen-bond donors (Lipinski definition) is 1. The maximum absolute atomic E-state index is 11.6. The maximum atomic E-state index is 11.6. The molecule has 20 heavy (non-hydrogen) atoms. The zero-order valence-corrected chi connectivity index (χ0v) is 11.3. The molecule has 0 unspecified atom stereocenters. The number of amides is 2. The first-order chi connectivity index (χ1) is 9.59. The largest absolute Gasteiger partial charge is 0.422 e. The molecule has 2 aromatic rings. The molecular weight excluding hydrogens is 260 g/mol. The minimum Gasteiger partial charge on any atom is -0.422 e. The van der Waals surface area contributed by atoms with E-state index in [9.17, 15) is 4.79 Å². The first-order valence-electron chi connectivity index (χ1n) is 6.44. The van der Waals surface area contributed by atoms with Crippen molar-refractivity contribution < 1.29 is 9.21 Å². The fraction of sp³-hybridized carbons (Fsp3) is 0.500. The van der Waals surface area contributed by atoms with Gasteiger partial charge in [-0.05, 0) is 0 Å². The van der Waals surface area contributed by atoms with E-state index in [2.05, 4.69) is 25.2 Å². The molecule has 0 radical (unpaired) electrons. The van der Waals surface area contributed by atoms with E-state index < -0.39 is 0 Å². The highest BCUT2D eigenvalue weighted by molar-refractivity contribution is 5.84. The van der Waals surface area contributed by atoms with Crippen molar-refractivity contribution in [3.63, 3.8) is 0 Å². The second kappa shape index (κ2) is 3.59. The van der Waals surface area contributed by atoms with E-state index in [1.54, 1.807) is 11.8 Å². The van der Waals surface area contributed by atoms with Gasteiger partial charge >= 0.3 is 6.03 Å². The van der Waals surface area contributed by atoms with Crippen molar-refractivity contribution in [2.24, 2.45) is 0 Å². The van der Waals surface area contributed by atoms with Crippen LogP contribution in [-0.4, -0.2) is 58.1 Å². The highest BCUT2D eigenvalue weighted by atomic mass is 16.4. The van der Waals surface area contributed by atoms with Crippen LogP contribution in [0.1, 0.15) is 5.89 Å². The van der Waals surface area contributed by atoms with Gasteiger partial charge in [-0.25, -0.2) is 14.8 Å². The monoisotopic (exact) mass is 274 g/mol. The quantitative estimate of drug-likeness (QED) is 0.796. The number of likely N-dealkylation sites (N-methyl/N-ethyl adjacent to an activating group) is 1. The molecule has 0 atom stereocenters. The Labute approximate surface area is 114 Å².